The average Bonchev–Trinajstić information content (AvgIpc) is 2.84. The number of fused-ring (bicyclic) bond motifs is 2. The summed E-state index contributed by atoms with van der Waals surface area (Å²) in [5, 5.41) is 3.59. The molecule has 0 saturated carbocycles. The molecule has 182 valence electrons. The largest absolute Gasteiger partial charge is 0.486 e. The van der Waals surface area contributed by atoms with Crippen LogP contribution in [0.5, 0.6) is 11.5 Å². The average molecular weight is 490 g/mol. The van der Waals surface area contributed by atoms with Crippen LogP contribution in [0, 0.1) is 12.7 Å². The maximum absolute atomic E-state index is 14.1. The summed E-state index contributed by atoms with van der Waals surface area (Å²) in [5.74, 6) is 1.08. The van der Waals surface area contributed by atoms with Gasteiger partial charge in [0.1, 0.15) is 19.0 Å². The number of nitrogens with one attached hydrogen (secondary N) is 1. The zero-order chi connectivity index (χ0) is 22.8. The van der Waals surface area contributed by atoms with E-state index in [1.807, 2.05) is 6.07 Å². The predicted molar refractivity (Wildman–Crippen MR) is 129 cm³/mol. The minimum atomic E-state index is -0.388. The minimum Gasteiger partial charge on any atom is -0.486 e. The third kappa shape index (κ3) is 5.32. The number of halogens is 2. The number of nitrogens with zero attached hydrogens (tertiary/aromatic N) is 4. The quantitative estimate of drug-likeness (QED) is 0.570. The summed E-state index contributed by atoms with van der Waals surface area (Å²) < 4.78 is 26.8. The normalized spacial score (nSPS) is 16.4. The Bertz CT molecular complexity index is 1210. The van der Waals surface area contributed by atoms with Crippen LogP contribution in [0.25, 0.3) is 11.0 Å². The van der Waals surface area contributed by atoms with E-state index in [2.05, 4.69) is 20.2 Å². The van der Waals surface area contributed by atoms with Crippen LogP contribution >= 0.6 is 12.4 Å². The summed E-state index contributed by atoms with van der Waals surface area (Å²) in [4.78, 5) is 23.5. The molecule has 0 atom stereocenters. The molecule has 5 heterocycles. The van der Waals surface area contributed by atoms with Gasteiger partial charge in [-0.05, 0) is 38.9 Å². The molecule has 0 radical (unpaired) electrons. The molecule has 34 heavy (non-hydrogen) atoms. The molecule has 1 N–H and O–H groups in total. The van der Waals surface area contributed by atoms with Crippen LogP contribution in [0.3, 0.4) is 0 Å². The minimum absolute atomic E-state index is 0. The molecule has 0 spiro atoms. The van der Waals surface area contributed by atoms with Gasteiger partial charge in [0, 0.05) is 43.9 Å². The Balaban J connectivity index is 0.00000274. The second kappa shape index (κ2) is 10.7. The first-order valence-electron chi connectivity index (χ1n) is 11.4. The number of piperidine rings is 1. The Morgan fingerprint density at radius 3 is 2.68 bits per heavy atom. The van der Waals surface area contributed by atoms with Gasteiger partial charge in [0.15, 0.2) is 11.5 Å². The molecule has 0 unspecified atom stereocenters. The fraction of sp³-hybridized carbons (Fsp3) is 0.458. The van der Waals surface area contributed by atoms with Crippen molar-refractivity contribution in [3.05, 3.63) is 58.0 Å². The van der Waals surface area contributed by atoms with Crippen LogP contribution < -0.4 is 20.3 Å². The molecule has 0 aromatic carbocycles. The van der Waals surface area contributed by atoms with E-state index in [0.29, 0.717) is 54.8 Å². The molecule has 0 bridgehead atoms. The van der Waals surface area contributed by atoms with Crippen LogP contribution in [-0.2, 0) is 13.1 Å². The summed E-state index contributed by atoms with van der Waals surface area (Å²) >= 11 is 0. The SMILES string of the molecule is Cc1nc2ccc(=O)n(CCN3CCC(NCc4cc5c(cn4)OCCO5)CC3)c2cc1F.Cl. The number of ether oxygens (including phenoxy) is 2. The van der Waals surface area contributed by atoms with Gasteiger partial charge in [-0.1, -0.05) is 0 Å². The van der Waals surface area contributed by atoms with Crippen molar-refractivity contribution in [2.75, 3.05) is 32.8 Å². The zero-order valence-electron chi connectivity index (χ0n) is 19.1. The number of hydrogen-bond acceptors (Lipinski definition) is 7. The Hall–Kier alpha value is -2.75. The van der Waals surface area contributed by atoms with Crippen molar-refractivity contribution in [1.29, 1.82) is 0 Å². The van der Waals surface area contributed by atoms with Crippen LogP contribution in [-0.4, -0.2) is 58.3 Å². The van der Waals surface area contributed by atoms with Crippen molar-refractivity contribution in [2.24, 2.45) is 0 Å². The summed E-state index contributed by atoms with van der Waals surface area (Å²) in [5.41, 5.74) is 2.34. The number of hydrogen-bond donors (Lipinski definition) is 1. The van der Waals surface area contributed by atoms with Gasteiger partial charge in [-0.2, -0.15) is 0 Å². The fourth-order valence-corrected chi connectivity index (χ4v) is 4.46. The zero-order valence-corrected chi connectivity index (χ0v) is 19.9. The summed E-state index contributed by atoms with van der Waals surface area (Å²) in [6.07, 6.45) is 3.76. The second-order valence-corrected chi connectivity index (χ2v) is 8.60. The van der Waals surface area contributed by atoms with Gasteiger partial charge in [0.2, 0.25) is 0 Å². The highest BCUT2D eigenvalue weighted by molar-refractivity contribution is 5.85. The highest BCUT2D eigenvalue weighted by Crippen LogP contribution is 2.29. The maximum Gasteiger partial charge on any atom is 0.251 e. The van der Waals surface area contributed by atoms with E-state index in [0.717, 1.165) is 43.9 Å². The molecule has 8 nitrogen and oxygen atoms in total. The second-order valence-electron chi connectivity index (χ2n) is 8.60. The fourth-order valence-electron chi connectivity index (χ4n) is 4.46. The van der Waals surface area contributed by atoms with Crippen LogP contribution in [0.15, 0.2) is 35.3 Å². The first-order valence-corrected chi connectivity index (χ1v) is 11.4. The molecule has 0 aliphatic carbocycles. The molecule has 10 heteroatoms. The monoisotopic (exact) mass is 489 g/mol. The summed E-state index contributed by atoms with van der Waals surface area (Å²) in [6.45, 7) is 6.59. The predicted octanol–water partition coefficient (Wildman–Crippen LogP) is 2.69. The first kappa shape index (κ1) is 24.4. The number of rotatable bonds is 6. The lowest BCUT2D eigenvalue weighted by molar-refractivity contribution is 0.170. The molecule has 2 aliphatic rings. The lowest BCUT2D eigenvalue weighted by atomic mass is 10.0. The van der Waals surface area contributed by atoms with Crippen molar-refractivity contribution < 1.29 is 13.9 Å². The Morgan fingerprint density at radius 2 is 1.88 bits per heavy atom. The van der Waals surface area contributed by atoms with Crippen molar-refractivity contribution >= 4 is 23.4 Å². The maximum atomic E-state index is 14.1. The Kier molecular flexibility index (Phi) is 7.65. The molecular formula is C24H29ClFN5O3. The van der Waals surface area contributed by atoms with Gasteiger partial charge in [-0.25, -0.2) is 9.37 Å². The van der Waals surface area contributed by atoms with Gasteiger partial charge < -0.3 is 24.3 Å². The smallest absolute Gasteiger partial charge is 0.251 e. The van der Waals surface area contributed by atoms with Crippen molar-refractivity contribution in [1.82, 2.24) is 24.8 Å². The lowest BCUT2D eigenvalue weighted by Gasteiger charge is -2.32. The highest BCUT2D eigenvalue weighted by atomic mass is 35.5. The van der Waals surface area contributed by atoms with Gasteiger partial charge in [-0.3, -0.25) is 9.78 Å². The number of aromatic nitrogens is 3. The van der Waals surface area contributed by atoms with Crippen molar-refractivity contribution in [3.63, 3.8) is 0 Å². The van der Waals surface area contributed by atoms with E-state index >= 15 is 0 Å². The van der Waals surface area contributed by atoms with Crippen molar-refractivity contribution in [3.8, 4) is 11.5 Å². The highest BCUT2D eigenvalue weighted by Gasteiger charge is 2.20. The molecule has 0 amide bonds. The number of likely N-dealkylation sites (tertiary alicyclic amines) is 1. The van der Waals surface area contributed by atoms with Crippen molar-refractivity contribution in [2.45, 2.75) is 38.9 Å². The topological polar surface area (TPSA) is 81.5 Å². The first-order chi connectivity index (χ1) is 16.1. The van der Waals surface area contributed by atoms with Gasteiger partial charge in [-0.15, -0.1) is 12.4 Å². The number of pyridine rings is 3. The van der Waals surface area contributed by atoms with E-state index in [1.165, 1.54) is 12.1 Å². The molecule has 1 fully saturated rings. The van der Waals surface area contributed by atoms with Gasteiger partial charge in [0.05, 0.1) is 28.6 Å². The molecule has 2 aliphatic heterocycles. The third-order valence-corrected chi connectivity index (χ3v) is 6.39. The van der Waals surface area contributed by atoms with Gasteiger partial charge >= 0.3 is 0 Å². The third-order valence-electron chi connectivity index (χ3n) is 6.39. The Labute approximate surface area is 203 Å². The Morgan fingerprint density at radius 1 is 1.12 bits per heavy atom. The molecule has 5 rings (SSSR count). The van der Waals surface area contributed by atoms with E-state index in [9.17, 15) is 9.18 Å². The van der Waals surface area contributed by atoms with Gasteiger partial charge in [0.25, 0.3) is 5.56 Å². The molecule has 1 saturated heterocycles. The van der Waals surface area contributed by atoms with Crippen LogP contribution in [0.2, 0.25) is 0 Å². The van der Waals surface area contributed by atoms with E-state index < -0.39 is 0 Å². The number of aryl methyl sites for hydroxylation is 1. The lowest BCUT2D eigenvalue weighted by Crippen LogP contribution is -2.43. The summed E-state index contributed by atoms with van der Waals surface area (Å²) in [7, 11) is 0. The summed E-state index contributed by atoms with van der Waals surface area (Å²) in [6, 6.07) is 6.94. The van der Waals surface area contributed by atoms with Crippen LogP contribution in [0.1, 0.15) is 24.2 Å². The van der Waals surface area contributed by atoms with Crippen LogP contribution in [0.4, 0.5) is 4.39 Å². The molecule has 3 aromatic rings. The molecule has 3 aromatic heterocycles. The van der Waals surface area contributed by atoms with E-state index in [4.69, 9.17) is 9.47 Å². The van der Waals surface area contributed by atoms with E-state index in [-0.39, 0.29) is 23.8 Å². The standard InChI is InChI=1S/C24H28FN5O3.ClH/c1-16-19(25)13-21-20(28-16)2-3-24(31)30(21)9-8-29-6-4-17(5-7-29)26-14-18-12-22-23(15-27-18)33-11-10-32-22;/h2-3,12-13,15,17,26H,4-11,14H2,1H3;1H. The molecular weight excluding hydrogens is 461 g/mol. The van der Waals surface area contributed by atoms with E-state index in [1.54, 1.807) is 23.8 Å².